The smallest absolute Gasteiger partial charge is 0.253 e. The molecule has 0 atom stereocenters. The second kappa shape index (κ2) is 8.45. The van der Waals surface area contributed by atoms with Crippen LogP contribution in [0.2, 0.25) is 0 Å². The lowest BCUT2D eigenvalue weighted by Gasteiger charge is -2.22. The molecule has 5 nitrogen and oxygen atoms in total. The number of sulfonamides is 1. The minimum absolute atomic E-state index is 0.0536. The van der Waals surface area contributed by atoms with E-state index < -0.39 is 10.0 Å². The van der Waals surface area contributed by atoms with Crippen molar-refractivity contribution in [2.75, 3.05) is 20.1 Å². The van der Waals surface area contributed by atoms with Gasteiger partial charge >= 0.3 is 0 Å². The minimum Gasteiger partial charge on any atom is -0.339 e. The zero-order chi connectivity index (χ0) is 17.6. The molecule has 0 heterocycles. The van der Waals surface area contributed by atoms with Gasteiger partial charge in [-0.15, -0.1) is 0 Å². The molecule has 6 heteroatoms. The maximum Gasteiger partial charge on any atom is 0.253 e. The molecule has 0 fully saturated rings. The van der Waals surface area contributed by atoms with Crippen LogP contribution in [0, 0.1) is 0 Å². The van der Waals surface area contributed by atoms with E-state index in [1.165, 1.54) is 16.4 Å². The highest BCUT2D eigenvalue weighted by Gasteiger charge is 2.23. The number of carbonyl (C=O) groups is 1. The number of nitrogens with zero attached hydrogens (tertiary/aromatic N) is 2. The summed E-state index contributed by atoms with van der Waals surface area (Å²) >= 11 is 0. The van der Waals surface area contributed by atoms with E-state index in [4.69, 9.17) is 0 Å². The molecule has 130 valence electrons. The van der Waals surface area contributed by atoms with Gasteiger partial charge in [-0.25, -0.2) is 8.42 Å². The SMILES string of the molecule is CCCCN(CC)C(=O)c1ccc(S(=O)(=O)N(C)C(C)C)cc1. The Hall–Kier alpha value is -1.40. The van der Waals surface area contributed by atoms with Gasteiger partial charge in [0.1, 0.15) is 0 Å². The van der Waals surface area contributed by atoms with Crippen molar-refractivity contribution in [3.63, 3.8) is 0 Å². The summed E-state index contributed by atoms with van der Waals surface area (Å²) in [5.74, 6) is -0.0536. The van der Waals surface area contributed by atoms with Crippen molar-refractivity contribution in [1.29, 1.82) is 0 Å². The van der Waals surface area contributed by atoms with Crippen LogP contribution in [-0.4, -0.2) is 49.7 Å². The van der Waals surface area contributed by atoms with Crippen LogP contribution in [0.25, 0.3) is 0 Å². The molecule has 0 unspecified atom stereocenters. The Morgan fingerprint density at radius 1 is 1.13 bits per heavy atom. The molecule has 0 N–H and O–H groups in total. The van der Waals surface area contributed by atoms with Gasteiger partial charge in [0, 0.05) is 31.7 Å². The van der Waals surface area contributed by atoms with Crippen molar-refractivity contribution in [3.05, 3.63) is 29.8 Å². The fourth-order valence-electron chi connectivity index (χ4n) is 2.15. The number of carbonyl (C=O) groups excluding carboxylic acids is 1. The van der Waals surface area contributed by atoms with Gasteiger partial charge in [0.2, 0.25) is 10.0 Å². The first-order valence-corrected chi connectivity index (χ1v) is 9.57. The highest BCUT2D eigenvalue weighted by atomic mass is 32.2. The van der Waals surface area contributed by atoms with E-state index in [1.807, 2.05) is 20.8 Å². The average molecular weight is 340 g/mol. The second-order valence-corrected chi connectivity index (χ2v) is 7.88. The van der Waals surface area contributed by atoms with E-state index in [0.717, 1.165) is 19.4 Å². The van der Waals surface area contributed by atoms with Gasteiger partial charge in [-0.1, -0.05) is 13.3 Å². The van der Waals surface area contributed by atoms with Crippen LogP contribution in [0.4, 0.5) is 0 Å². The molecule has 1 rings (SSSR count). The summed E-state index contributed by atoms with van der Waals surface area (Å²) in [4.78, 5) is 14.4. The molecule has 0 aliphatic carbocycles. The topological polar surface area (TPSA) is 57.7 Å². The van der Waals surface area contributed by atoms with Crippen molar-refractivity contribution >= 4 is 15.9 Å². The van der Waals surface area contributed by atoms with Gasteiger partial charge in [0.25, 0.3) is 5.91 Å². The summed E-state index contributed by atoms with van der Waals surface area (Å²) in [7, 11) is -1.95. The van der Waals surface area contributed by atoms with Crippen molar-refractivity contribution < 1.29 is 13.2 Å². The lowest BCUT2D eigenvalue weighted by Crippen LogP contribution is -2.33. The summed E-state index contributed by atoms with van der Waals surface area (Å²) in [6.07, 6.45) is 1.99. The first-order valence-electron chi connectivity index (χ1n) is 8.13. The van der Waals surface area contributed by atoms with Crippen molar-refractivity contribution in [1.82, 2.24) is 9.21 Å². The number of hydrogen-bond acceptors (Lipinski definition) is 3. The molecule has 0 spiro atoms. The Labute approximate surface area is 140 Å². The van der Waals surface area contributed by atoms with Crippen molar-refractivity contribution in [2.45, 2.75) is 51.5 Å². The Morgan fingerprint density at radius 3 is 2.13 bits per heavy atom. The number of amides is 1. The zero-order valence-electron chi connectivity index (χ0n) is 14.7. The van der Waals surface area contributed by atoms with E-state index in [9.17, 15) is 13.2 Å². The molecule has 23 heavy (non-hydrogen) atoms. The fourth-order valence-corrected chi connectivity index (χ4v) is 3.52. The zero-order valence-corrected chi connectivity index (χ0v) is 15.6. The molecule has 0 bridgehead atoms. The molecule has 0 aromatic heterocycles. The molecule has 0 aliphatic rings. The van der Waals surface area contributed by atoms with Crippen LogP contribution < -0.4 is 0 Å². The van der Waals surface area contributed by atoms with Crippen LogP contribution in [0.15, 0.2) is 29.2 Å². The molecule has 1 amide bonds. The van der Waals surface area contributed by atoms with Gasteiger partial charge in [0.15, 0.2) is 0 Å². The van der Waals surface area contributed by atoms with Crippen molar-refractivity contribution in [2.24, 2.45) is 0 Å². The molecular weight excluding hydrogens is 312 g/mol. The number of rotatable bonds is 8. The van der Waals surface area contributed by atoms with E-state index in [2.05, 4.69) is 6.92 Å². The highest BCUT2D eigenvalue weighted by molar-refractivity contribution is 7.89. The van der Waals surface area contributed by atoms with Crippen molar-refractivity contribution in [3.8, 4) is 0 Å². The van der Waals surface area contributed by atoms with E-state index >= 15 is 0 Å². The van der Waals surface area contributed by atoms with E-state index in [1.54, 1.807) is 24.1 Å². The van der Waals surface area contributed by atoms with Gasteiger partial charge in [-0.05, 0) is 51.5 Å². The Morgan fingerprint density at radius 2 is 1.70 bits per heavy atom. The highest BCUT2D eigenvalue weighted by Crippen LogP contribution is 2.18. The summed E-state index contributed by atoms with van der Waals surface area (Å²) < 4.78 is 26.2. The summed E-state index contributed by atoms with van der Waals surface area (Å²) in [5.41, 5.74) is 0.522. The lowest BCUT2D eigenvalue weighted by molar-refractivity contribution is 0.0762. The first kappa shape index (κ1) is 19.6. The molecule has 0 aliphatic heterocycles. The van der Waals surface area contributed by atoms with Gasteiger partial charge in [-0.3, -0.25) is 4.79 Å². The number of benzene rings is 1. The quantitative estimate of drug-likeness (QED) is 0.731. The third-order valence-corrected chi connectivity index (χ3v) is 6.00. The maximum atomic E-state index is 12.5. The Bertz CT molecular complexity index is 609. The average Bonchev–Trinajstić information content (AvgIpc) is 2.54. The number of hydrogen-bond donors (Lipinski definition) is 0. The predicted octanol–water partition coefficient (Wildman–Crippen LogP) is 2.98. The molecule has 1 aromatic rings. The van der Waals surface area contributed by atoms with Gasteiger partial charge < -0.3 is 4.90 Å². The normalized spacial score (nSPS) is 12.0. The lowest BCUT2D eigenvalue weighted by atomic mass is 10.2. The number of unbranched alkanes of at least 4 members (excludes halogenated alkanes) is 1. The minimum atomic E-state index is -3.51. The fraction of sp³-hybridized carbons (Fsp3) is 0.588. The Kier molecular flexibility index (Phi) is 7.22. The van der Waals surface area contributed by atoms with Crippen LogP contribution in [0.5, 0.6) is 0 Å². The summed E-state index contributed by atoms with van der Waals surface area (Å²) in [6.45, 7) is 9.05. The molecule has 1 aromatic carbocycles. The maximum absolute atomic E-state index is 12.5. The third kappa shape index (κ3) is 4.78. The predicted molar refractivity (Wildman–Crippen MR) is 93.0 cm³/mol. The standard InChI is InChI=1S/C17H28N2O3S/c1-6-8-13-19(7-2)17(20)15-9-11-16(12-10-15)23(21,22)18(5)14(3)4/h9-12,14H,6-8,13H2,1-5H3. The van der Waals surface area contributed by atoms with Crippen LogP contribution >= 0.6 is 0 Å². The Balaban J connectivity index is 2.98. The molecule has 0 saturated carbocycles. The monoisotopic (exact) mass is 340 g/mol. The molecule has 0 radical (unpaired) electrons. The van der Waals surface area contributed by atoms with Crippen LogP contribution in [0.1, 0.15) is 50.9 Å². The van der Waals surface area contributed by atoms with E-state index in [0.29, 0.717) is 12.1 Å². The van der Waals surface area contributed by atoms with Gasteiger partial charge in [-0.2, -0.15) is 4.31 Å². The van der Waals surface area contributed by atoms with Crippen LogP contribution in [-0.2, 0) is 10.0 Å². The van der Waals surface area contributed by atoms with E-state index in [-0.39, 0.29) is 16.8 Å². The summed E-state index contributed by atoms with van der Waals surface area (Å²) in [5, 5.41) is 0. The third-order valence-electron chi connectivity index (χ3n) is 3.96. The van der Waals surface area contributed by atoms with Crippen LogP contribution in [0.3, 0.4) is 0 Å². The summed E-state index contributed by atoms with van der Waals surface area (Å²) in [6, 6.07) is 6.09. The molecule has 0 saturated heterocycles. The molecular formula is C17H28N2O3S. The first-order chi connectivity index (χ1) is 10.8. The second-order valence-electron chi connectivity index (χ2n) is 5.88. The largest absolute Gasteiger partial charge is 0.339 e. The van der Waals surface area contributed by atoms with Gasteiger partial charge in [0.05, 0.1) is 4.90 Å².